The molecule has 3 rings (SSSR count). The van der Waals surface area contributed by atoms with Crippen LogP contribution in [0.4, 0.5) is 5.69 Å². The number of aromatic amines is 2. The standard InChI is InChI=1S/C11H11BrN6O/c1-18-5-6(16-17-18)4-13-8-3-10-9(2-7(8)12)14-11(19)15-10/h2-3,5,13H,4H2,1H3,(H2,14,15,19). The van der Waals surface area contributed by atoms with Crippen molar-refractivity contribution in [2.45, 2.75) is 6.54 Å². The Morgan fingerprint density at radius 1 is 1.37 bits per heavy atom. The van der Waals surface area contributed by atoms with Crippen LogP contribution in [0.3, 0.4) is 0 Å². The van der Waals surface area contributed by atoms with E-state index in [1.54, 1.807) is 4.68 Å². The molecule has 0 spiro atoms. The molecule has 0 aliphatic heterocycles. The highest BCUT2D eigenvalue weighted by Crippen LogP contribution is 2.26. The maximum absolute atomic E-state index is 11.2. The van der Waals surface area contributed by atoms with Crippen molar-refractivity contribution in [2.24, 2.45) is 7.05 Å². The van der Waals surface area contributed by atoms with Gasteiger partial charge >= 0.3 is 5.69 Å². The molecule has 0 aliphatic rings. The van der Waals surface area contributed by atoms with Crippen molar-refractivity contribution in [1.29, 1.82) is 0 Å². The van der Waals surface area contributed by atoms with Crippen molar-refractivity contribution in [2.75, 3.05) is 5.32 Å². The Bertz CT molecular complexity index is 786. The summed E-state index contributed by atoms with van der Waals surface area (Å²) in [6.07, 6.45) is 1.84. The second kappa shape index (κ2) is 4.54. The summed E-state index contributed by atoms with van der Waals surface area (Å²) in [5.41, 5.74) is 3.04. The van der Waals surface area contributed by atoms with Gasteiger partial charge in [-0.15, -0.1) is 5.10 Å². The van der Waals surface area contributed by atoms with E-state index in [-0.39, 0.29) is 5.69 Å². The minimum Gasteiger partial charge on any atom is -0.378 e. The van der Waals surface area contributed by atoms with Gasteiger partial charge in [0.15, 0.2) is 0 Å². The fourth-order valence-corrected chi connectivity index (χ4v) is 2.34. The maximum atomic E-state index is 11.2. The molecule has 0 amide bonds. The number of hydrogen-bond acceptors (Lipinski definition) is 4. The first-order valence-electron chi connectivity index (χ1n) is 5.62. The molecule has 0 unspecified atom stereocenters. The molecular weight excluding hydrogens is 312 g/mol. The Kier molecular flexibility index (Phi) is 2.86. The van der Waals surface area contributed by atoms with Crippen LogP contribution >= 0.6 is 15.9 Å². The summed E-state index contributed by atoms with van der Waals surface area (Å²) < 4.78 is 2.53. The first-order chi connectivity index (χ1) is 9.11. The van der Waals surface area contributed by atoms with Crippen LogP contribution in [0.15, 0.2) is 27.6 Å². The molecule has 0 atom stereocenters. The van der Waals surface area contributed by atoms with Crippen LogP contribution in [0.2, 0.25) is 0 Å². The van der Waals surface area contributed by atoms with Gasteiger partial charge in [-0.1, -0.05) is 5.21 Å². The minimum atomic E-state index is -0.215. The molecule has 2 heterocycles. The van der Waals surface area contributed by atoms with Crippen molar-refractivity contribution < 1.29 is 0 Å². The van der Waals surface area contributed by atoms with Gasteiger partial charge in [-0.2, -0.15) is 0 Å². The lowest BCUT2D eigenvalue weighted by molar-refractivity contribution is 0.713. The van der Waals surface area contributed by atoms with E-state index in [2.05, 4.69) is 41.5 Å². The lowest BCUT2D eigenvalue weighted by Gasteiger charge is -2.06. The van der Waals surface area contributed by atoms with Crippen molar-refractivity contribution >= 4 is 32.7 Å². The highest BCUT2D eigenvalue weighted by molar-refractivity contribution is 9.10. The molecule has 8 heteroatoms. The molecule has 0 aliphatic carbocycles. The van der Waals surface area contributed by atoms with Gasteiger partial charge in [-0.05, 0) is 28.1 Å². The average Bonchev–Trinajstić information content (AvgIpc) is 2.91. The molecular formula is C11H11BrN6O. The van der Waals surface area contributed by atoms with Gasteiger partial charge in [0.1, 0.15) is 5.69 Å². The molecule has 19 heavy (non-hydrogen) atoms. The smallest absolute Gasteiger partial charge is 0.323 e. The minimum absolute atomic E-state index is 0.215. The summed E-state index contributed by atoms with van der Waals surface area (Å²) in [4.78, 5) is 16.7. The molecule has 3 N–H and O–H groups in total. The van der Waals surface area contributed by atoms with Gasteiger partial charge in [-0.3, -0.25) is 4.68 Å². The molecule has 1 aromatic carbocycles. The molecule has 0 bridgehead atoms. The third kappa shape index (κ3) is 2.39. The van der Waals surface area contributed by atoms with Crippen molar-refractivity contribution in [3.8, 4) is 0 Å². The topological polar surface area (TPSA) is 91.4 Å². The summed E-state index contributed by atoms with van der Waals surface area (Å²) >= 11 is 3.47. The molecule has 0 fully saturated rings. The van der Waals surface area contributed by atoms with E-state index in [4.69, 9.17) is 0 Å². The lowest BCUT2D eigenvalue weighted by Crippen LogP contribution is -2.00. The number of aromatic nitrogens is 5. The fraction of sp³-hybridized carbons (Fsp3) is 0.182. The van der Waals surface area contributed by atoms with E-state index >= 15 is 0 Å². The van der Waals surface area contributed by atoms with Gasteiger partial charge in [0.05, 0.1) is 23.3 Å². The van der Waals surface area contributed by atoms with Crippen LogP contribution in [0, 0.1) is 0 Å². The van der Waals surface area contributed by atoms with Crippen LogP contribution in [-0.2, 0) is 13.6 Å². The number of imidazole rings is 1. The SMILES string of the molecule is Cn1cc(CNc2cc3[nH]c(=O)[nH]c3cc2Br)nn1. The summed E-state index contributed by atoms with van der Waals surface area (Å²) in [7, 11) is 1.82. The van der Waals surface area contributed by atoms with Gasteiger partial charge in [0.2, 0.25) is 0 Å². The molecule has 7 nitrogen and oxygen atoms in total. The van der Waals surface area contributed by atoms with E-state index in [9.17, 15) is 4.79 Å². The number of aryl methyl sites for hydroxylation is 1. The Morgan fingerprint density at radius 2 is 2.11 bits per heavy atom. The van der Waals surface area contributed by atoms with Crippen molar-refractivity contribution in [3.05, 3.63) is 39.0 Å². The molecule has 0 radical (unpaired) electrons. The highest BCUT2D eigenvalue weighted by atomic mass is 79.9. The third-order valence-electron chi connectivity index (χ3n) is 2.71. The van der Waals surface area contributed by atoms with Gasteiger partial charge < -0.3 is 15.3 Å². The van der Waals surface area contributed by atoms with Crippen LogP contribution in [0.25, 0.3) is 11.0 Å². The second-order valence-corrected chi connectivity index (χ2v) is 5.05. The van der Waals surface area contributed by atoms with E-state index in [0.717, 1.165) is 26.9 Å². The molecule has 98 valence electrons. The van der Waals surface area contributed by atoms with Crippen LogP contribution < -0.4 is 11.0 Å². The predicted molar refractivity (Wildman–Crippen MR) is 74.9 cm³/mol. The van der Waals surface area contributed by atoms with E-state index < -0.39 is 0 Å². The van der Waals surface area contributed by atoms with E-state index in [1.165, 1.54) is 0 Å². The summed E-state index contributed by atoms with van der Waals surface area (Å²) in [5.74, 6) is 0. The zero-order valence-electron chi connectivity index (χ0n) is 10.1. The number of H-pyrrole nitrogens is 2. The van der Waals surface area contributed by atoms with Gasteiger partial charge in [0.25, 0.3) is 0 Å². The molecule has 0 saturated carbocycles. The number of fused-ring (bicyclic) bond motifs is 1. The second-order valence-electron chi connectivity index (χ2n) is 4.19. The van der Waals surface area contributed by atoms with Gasteiger partial charge in [0, 0.05) is 17.7 Å². The third-order valence-corrected chi connectivity index (χ3v) is 3.37. The van der Waals surface area contributed by atoms with Crippen molar-refractivity contribution in [3.63, 3.8) is 0 Å². The number of anilines is 1. The first kappa shape index (κ1) is 12.0. The summed E-state index contributed by atoms with van der Waals surface area (Å²) in [6, 6.07) is 3.72. The Balaban J connectivity index is 1.87. The number of halogens is 1. The predicted octanol–water partition coefficient (Wildman–Crippen LogP) is 1.36. The Hall–Kier alpha value is -2.09. The van der Waals surface area contributed by atoms with Crippen LogP contribution in [0.1, 0.15) is 5.69 Å². The lowest BCUT2D eigenvalue weighted by atomic mass is 10.2. The Morgan fingerprint density at radius 3 is 2.79 bits per heavy atom. The maximum Gasteiger partial charge on any atom is 0.323 e. The van der Waals surface area contributed by atoms with E-state index in [0.29, 0.717) is 6.54 Å². The number of hydrogen-bond donors (Lipinski definition) is 3. The average molecular weight is 323 g/mol. The van der Waals surface area contributed by atoms with E-state index in [1.807, 2.05) is 25.4 Å². The number of nitrogens with zero attached hydrogens (tertiary/aromatic N) is 3. The molecule has 3 aromatic rings. The summed E-state index contributed by atoms with van der Waals surface area (Å²) in [6.45, 7) is 0.562. The van der Waals surface area contributed by atoms with Gasteiger partial charge in [-0.25, -0.2) is 4.79 Å². The summed E-state index contributed by atoms with van der Waals surface area (Å²) in [5, 5.41) is 11.1. The quantitative estimate of drug-likeness (QED) is 0.679. The zero-order chi connectivity index (χ0) is 13.4. The normalized spacial score (nSPS) is 11.1. The Labute approximate surface area is 116 Å². The monoisotopic (exact) mass is 322 g/mol. The fourth-order valence-electron chi connectivity index (χ4n) is 1.85. The number of rotatable bonds is 3. The van der Waals surface area contributed by atoms with Crippen LogP contribution in [-0.4, -0.2) is 25.0 Å². The molecule has 2 aromatic heterocycles. The first-order valence-corrected chi connectivity index (χ1v) is 6.42. The molecule has 0 saturated heterocycles. The zero-order valence-corrected chi connectivity index (χ0v) is 11.7. The van der Waals surface area contributed by atoms with Crippen LogP contribution in [0.5, 0.6) is 0 Å². The highest BCUT2D eigenvalue weighted by Gasteiger charge is 2.06. The largest absolute Gasteiger partial charge is 0.378 e. The number of nitrogens with one attached hydrogen (secondary N) is 3. The number of benzene rings is 1. The van der Waals surface area contributed by atoms with Crippen molar-refractivity contribution in [1.82, 2.24) is 25.0 Å².